The Morgan fingerprint density at radius 2 is 1.90 bits per heavy atom. The number of rotatable bonds is 6. The van der Waals surface area contributed by atoms with E-state index < -0.39 is 23.7 Å². The van der Waals surface area contributed by atoms with Gasteiger partial charge in [0.15, 0.2) is 11.5 Å². The average Bonchev–Trinajstić information content (AvgIpc) is 2.72. The molecule has 0 radical (unpaired) electrons. The lowest BCUT2D eigenvalue weighted by Gasteiger charge is -2.26. The van der Waals surface area contributed by atoms with E-state index in [1.165, 1.54) is 18.2 Å². The van der Waals surface area contributed by atoms with Crippen molar-refractivity contribution in [1.29, 1.82) is 0 Å². The fourth-order valence-electron chi connectivity index (χ4n) is 2.84. The predicted octanol–water partition coefficient (Wildman–Crippen LogP) is 3.51. The van der Waals surface area contributed by atoms with Gasteiger partial charge in [-0.1, -0.05) is 5.92 Å². The molecule has 158 valence electrons. The number of hydrogen-bond acceptors (Lipinski definition) is 5. The van der Waals surface area contributed by atoms with Gasteiger partial charge in [0.2, 0.25) is 0 Å². The summed E-state index contributed by atoms with van der Waals surface area (Å²) in [6.45, 7) is 2.20. The SMILES string of the molecule is C#CCOc1c(I)cc(/C=C2\C(=O)NC(=O)N(c3ccc(F)cc3)C2=O)cc1OCC. The zero-order chi connectivity index (χ0) is 22.5. The van der Waals surface area contributed by atoms with Gasteiger partial charge in [-0.15, -0.1) is 6.42 Å². The van der Waals surface area contributed by atoms with Crippen molar-refractivity contribution in [3.8, 4) is 23.8 Å². The monoisotopic (exact) mass is 534 g/mol. The van der Waals surface area contributed by atoms with Crippen LogP contribution >= 0.6 is 22.6 Å². The second kappa shape index (κ2) is 9.61. The maximum atomic E-state index is 13.2. The molecule has 4 amide bonds. The van der Waals surface area contributed by atoms with E-state index in [-0.39, 0.29) is 17.9 Å². The summed E-state index contributed by atoms with van der Waals surface area (Å²) in [5, 5.41) is 2.12. The van der Waals surface area contributed by atoms with Crippen molar-refractivity contribution in [3.63, 3.8) is 0 Å². The highest BCUT2D eigenvalue weighted by Gasteiger charge is 2.36. The number of ether oxygens (including phenoxy) is 2. The third-order valence-electron chi connectivity index (χ3n) is 4.13. The topological polar surface area (TPSA) is 84.9 Å². The van der Waals surface area contributed by atoms with Crippen LogP contribution in [0.4, 0.5) is 14.9 Å². The Labute approximate surface area is 191 Å². The molecule has 1 saturated heterocycles. The lowest BCUT2D eigenvalue weighted by atomic mass is 10.1. The molecule has 3 rings (SSSR count). The number of barbiturate groups is 1. The Morgan fingerprint density at radius 1 is 1.19 bits per heavy atom. The normalized spacial score (nSPS) is 15.0. The van der Waals surface area contributed by atoms with Crippen LogP contribution in [0.1, 0.15) is 12.5 Å². The van der Waals surface area contributed by atoms with Crippen molar-refractivity contribution in [3.05, 3.63) is 56.9 Å². The minimum Gasteiger partial charge on any atom is -0.490 e. The quantitative estimate of drug-likeness (QED) is 0.266. The van der Waals surface area contributed by atoms with Crippen molar-refractivity contribution in [2.45, 2.75) is 6.92 Å². The third-order valence-corrected chi connectivity index (χ3v) is 4.93. The molecule has 0 atom stereocenters. The summed E-state index contributed by atoms with van der Waals surface area (Å²) in [4.78, 5) is 38.3. The molecule has 0 bridgehead atoms. The van der Waals surface area contributed by atoms with Gasteiger partial charge in [-0.05, 0) is 77.6 Å². The first-order valence-electron chi connectivity index (χ1n) is 9.05. The van der Waals surface area contributed by atoms with Gasteiger partial charge in [-0.25, -0.2) is 14.1 Å². The summed E-state index contributed by atoms with van der Waals surface area (Å²) in [6, 6.07) is 7.14. The van der Waals surface area contributed by atoms with Crippen LogP contribution in [0.15, 0.2) is 42.0 Å². The molecule has 1 N–H and O–H groups in total. The highest BCUT2D eigenvalue weighted by Crippen LogP contribution is 2.35. The number of nitrogens with one attached hydrogen (secondary N) is 1. The number of nitrogens with zero attached hydrogens (tertiary/aromatic N) is 1. The van der Waals surface area contributed by atoms with Crippen molar-refractivity contribution in [2.24, 2.45) is 0 Å². The molecule has 31 heavy (non-hydrogen) atoms. The van der Waals surface area contributed by atoms with Crippen molar-refractivity contribution >= 4 is 52.2 Å². The maximum absolute atomic E-state index is 13.2. The van der Waals surface area contributed by atoms with E-state index in [0.717, 1.165) is 17.0 Å². The van der Waals surface area contributed by atoms with Crippen LogP contribution in [0.25, 0.3) is 6.08 Å². The first kappa shape index (κ1) is 22.3. The first-order chi connectivity index (χ1) is 14.8. The minimum absolute atomic E-state index is 0.0478. The number of carbonyl (C=O) groups excluding carboxylic acids is 3. The Balaban J connectivity index is 2.02. The Bertz CT molecular complexity index is 1120. The summed E-state index contributed by atoms with van der Waals surface area (Å²) in [6.07, 6.45) is 6.60. The molecule has 1 aliphatic heterocycles. The van der Waals surface area contributed by atoms with Crippen LogP contribution in [0, 0.1) is 21.7 Å². The van der Waals surface area contributed by atoms with E-state index in [1.54, 1.807) is 19.1 Å². The van der Waals surface area contributed by atoms with Gasteiger partial charge in [0.25, 0.3) is 11.8 Å². The largest absolute Gasteiger partial charge is 0.490 e. The van der Waals surface area contributed by atoms with Crippen molar-refractivity contribution in [2.75, 3.05) is 18.1 Å². The zero-order valence-electron chi connectivity index (χ0n) is 16.3. The summed E-state index contributed by atoms with van der Waals surface area (Å²) >= 11 is 2.03. The smallest absolute Gasteiger partial charge is 0.335 e. The fraction of sp³-hybridized carbons (Fsp3) is 0.136. The molecular weight excluding hydrogens is 518 g/mol. The zero-order valence-corrected chi connectivity index (χ0v) is 18.4. The Morgan fingerprint density at radius 3 is 2.55 bits per heavy atom. The number of anilines is 1. The van der Waals surface area contributed by atoms with Gasteiger partial charge in [0.1, 0.15) is 18.0 Å². The van der Waals surface area contributed by atoms with Crippen LogP contribution in [-0.2, 0) is 9.59 Å². The number of amides is 4. The van der Waals surface area contributed by atoms with Crippen LogP contribution in [0.2, 0.25) is 0 Å². The lowest BCUT2D eigenvalue weighted by Crippen LogP contribution is -2.54. The number of carbonyl (C=O) groups is 3. The molecule has 0 aromatic heterocycles. The molecule has 7 nitrogen and oxygen atoms in total. The minimum atomic E-state index is -0.915. The predicted molar refractivity (Wildman–Crippen MR) is 120 cm³/mol. The molecule has 2 aromatic rings. The number of terminal acetylenes is 1. The van der Waals surface area contributed by atoms with E-state index in [2.05, 4.69) is 11.2 Å². The summed E-state index contributed by atoms with van der Waals surface area (Å²) in [5.41, 5.74) is 0.345. The summed E-state index contributed by atoms with van der Waals surface area (Å²) in [5.74, 6) is 1.03. The lowest BCUT2D eigenvalue weighted by molar-refractivity contribution is -0.122. The Kier molecular flexibility index (Phi) is 6.91. The van der Waals surface area contributed by atoms with E-state index in [9.17, 15) is 18.8 Å². The second-order valence-electron chi connectivity index (χ2n) is 6.19. The van der Waals surface area contributed by atoms with Gasteiger partial charge in [0.05, 0.1) is 15.9 Å². The van der Waals surface area contributed by atoms with Crippen LogP contribution in [-0.4, -0.2) is 31.1 Å². The maximum Gasteiger partial charge on any atom is 0.335 e. The number of benzene rings is 2. The van der Waals surface area contributed by atoms with Gasteiger partial charge in [0, 0.05) is 0 Å². The second-order valence-corrected chi connectivity index (χ2v) is 7.35. The van der Waals surface area contributed by atoms with Crippen molar-refractivity contribution < 1.29 is 28.2 Å². The highest BCUT2D eigenvalue weighted by molar-refractivity contribution is 14.1. The van der Waals surface area contributed by atoms with E-state index in [4.69, 9.17) is 15.9 Å². The highest BCUT2D eigenvalue weighted by atomic mass is 127. The number of urea groups is 1. The van der Waals surface area contributed by atoms with Gasteiger partial charge in [-0.3, -0.25) is 14.9 Å². The van der Waals surface area contributed by atoms with E-state index >= 15 is 0 Å². The fourth-order valence-corrected chi connectivity index (χ4v) is 3.62. The molecule has 0 spiro atoms. The summed E-state index contributed by atoms with van der Waals surface area (Å²) < 4.78 is 25.0. The van der Waals surface area contributed by atoms with Gasteiger partial charge >= 0.3 is 6.03 Å². The van der Waals surface area contributed by atoms with E-state index in [1.807, 2.05) is 22.6 Å². The molecule has 2 aromatic carbocycles. The third kappa shape index (κ3) is 4.86. The molecule has 9 heteroatoms. The van der Waals surface area contributed by atoms with Crippen LogP contribution < -0.4 is 19.7 Å². The van der Waals surface area contributed by atoms with Gasteiger partial charge in [-0.2, -0.15) is 0 Å². The molecule has 0 saturated carbocycles. The number of hydrogen-bond donors (Lipinski definition) is 1. The van der Waals surface area contributed by atoms with E-state index in [0.29, 0.717) is 27.2 Å². The number of imide groups is 2. The molecular formula is C22H16FIN2O5. The number of halogens is 2. The molecule has 1 heterocycles. The molecule has 0 aliphatic carbocycles. The average molecular weight is 534 g/mol. The first-order valence-corrected chi connectivity index (χ1v) is 10.1. The molecule has 1 aliphatic rings. The van der Waals surface area contributed by atoms with Crippen molar-refractivity contribution in [1.82, 2.24) is 5.32 Å². The van der Waals surface area contributed by atoms with Gasteiger partial charge < -0.3 is 9.47 Å². The summed E-state index contributed by atoms with van der Waals surface area (Å²) in [7, 11) is 0. The van der Waals surface area contributed by atoms with Crippen LogP contribution in [0.3, 0.4) is 0 Å². The molecule has 0 unspecified atom stereocenters. The molecule has 1 fully saturated rings. The van der Waals surface area contributed by atoms with Crippen LogP contribution in [0.5, 0.6) is 11.5 Å². The Hall–Kier alpha value is -3.39. The standard InChI is InChI=1S/C22H16FIN2O5/c1-3-9-31-19-17(24)11-13(12-18(19)30-4-2)10-16-20(27)25-22(29)26(21(16)28)15-7-5-14(23)6-8-15/h1,5-8,10-12H,4,9H2,2H3,(H,25,27,29)/b16-10+.